The van der Waals surface area contributed by atoms with Crippen molar-refractivity contribution in [3.63, 3.8) is 0 Å². The molecule has 0 aliphatic heterocycles. The van der Waals surface area contributed by atoms with Gasteiger partial charge in [0.1, 0.15) is 0 Å². The maximum Gasteiger partial charge on any atom is 0.0613 e. The minimum Gasteiger partial charge on any atom is -0.118 e. The van der Waals surface area contributed by atoms with Gasteiger partial charge in [0.15, 0.2) is 0 Å². The Bertz CT molecular complexity index is 377. The molecular weight excluding hydrogens is 264 g/mol. The molecule has 2 atom stereocenters. The zero-order chi connectivity index (χ0) is 15.2. The molecule has 0 aliphatic carbocycles. The van der Waals surface area contributed by atoms with Crippen LogP contribution in [-0.2, 0) is 5.41 Å². The summed E-state index contributed by atoms with van der Waals surface area (Å²) in [7, 11) is 0. The molecule has 0 fully saturated rings. The van der Waals surface area contributed by atoms with Crippen LogP contribution in [0.25, 0.3) is 0 Å². The van der Waals surface area contributed by atoms with E-state index in [-0.39, 0.29) is 10.8 Å². The highest BCUT2D eigenvalue weighted by Crippen LogP contribution is 2.36. The van der Waals surface area contributed by atoms with E-state index in [0.717, 1.165) is 12.8 Å². The highest BCUT2D eigenvalue weighted by molar-refractivity contribution is 6.21. The fourth-order valence-corrected chi connectivity index (χ4v) is 3.07. The SMILES string of the molecule is CCCCC(CC)C(Cl)c1ccc(C(C)(C)CC)cc1. The molecule has 114 valence electrons. The van der Waals surface area contributed by atoms with E-state index < -0.39 is 0 Å². The summed E-state index contributed by atoms with van der Waals surface area (Å²) in [4.78, 5) is 0. The van der Waals surface area contributed by atoms with E-state index >= 15 is 0 Å². The van der Waals surface area contributed by atoms with E-state index in [1.165, 1.54) is 30.4 Å². The van der Waals surface area contributed by atoms with Gasteiger partial charge in [0.2, 0.25) is 0 Å². The normalized spacial score (nSPS) is 15.1. The minimum absolute atomic E-state index is 0.158. The smallest absolute Gasteiger partial charge is 0.0613 e. The molecule has 0 heterocycles. The summed E-state index contributed by atoms with van der Waals surface area (Å²) in [6, 6.07) is 9.00. The lowest BCUT2D eigenvalue weighted by Crippen LogP contribution is -2.15. The van der Waals surface area contributed by atoms with Crippen LogP contribution in [0.3, 0.4) is 0 Å². The molecule has 0 radical (unpaired) electrons. The van der Waals surface area contributed by atoms with Gasteiger partial charge in [-0.15, -0.1) is 11.6 Å². The Kier molecular flexibility index (Phi) is 7.09. The first-order valence-electron chi connectivity index (χ1n) is 8.20. The molecule has 1 heteroatoms. The summed E-state index contributed by atoms with van der Waals surface area (Å²) in [6.45, 7) is 11.4. The van der Waals surface area contributed by atoms with Crippen LogP contribution in [-0.4, -0.2) is 0 Å². The molecule has 0 saturated carbocycles. The Morgan fingerprint density at radius 3 is 2.10 bits per heavy atom. The Hall–Kier alpha value is -0.490. The Labute approximate surface area is 130 Å². The van der Waals surface area contributed by atoms with Crippen LogP contribution >= 0.6 is 11.6 Å². The van der Waals surface area contributed by atoms with Gasteiger partial charge in [0.05, 0.1) is 5.38 Å². The fourth-order valence-electron chi connectivity index (χ4n) is 2.62. The van der Waals surface area contributed by atoms with Gasteiger partial charge in [0, 0.05) is 0 Å². The summed E-state index contributed by atoms with van der Waals surface area (Å²) in [5.74, 6) is 0.599. The molecule has 20 heavy (non-hydrogen) atoms. The van der Waals surface area contributed by atoms with E-state index in [1.54, 1.807) is 0 Å². The first kappa shape index (κ1) is 17.6. The van der Waals surface area contributed by atoms with Gasteiger partial charge in [-0.05, 0) is 35.3 Å². The second-order valence-corrected chi connectivity index (χ2v) is 7.04. The highest BCUT2D eigenvalue weighted by Gasteiger charge is 2.21. The predicted octanol–water partition coefficient (Wildman–Crippen LogP) is 6.87. The van der Waals surface area contributed by atoms with Crippen LogP contribution in [0, 0.1) is 5.92 Å². The van der Waals surface area contributed by atoms with Crippen molar-refractivity contribution in [2.75, 3.05) is 0 Å². The second kappa shape index (κ2) is 8.08. The van der Waals surface area contributed by atoms with Crippen LogP contribution in [0.2, 0.25) is 0 Å². The Morgan fingerprint density at radius 2 is 1.65 bits per heavy atom. The molecule has 0 bridgehead atoms. The Balaban J connectivity index is 2.81. The van der Waals surface area contributed by atoms with Gasteiger partial charge in [-0.3, -0.25) is 0 Å². The molecule has 0 saturated heterocycles. The van der Waals surface area contributed by atoms with E-state index in [4.69, 9.17) is 11.6 Å². The lowest BCUT2D eigenvalue weighted by atomic mass is 9.81. The molecule has 0 nitrogen and oxygen atoms in total. The molecule has 0 N–H and O–H groups in total. The van der Waals surface area contributed by atoms with Crippen molar-refractivity contribution in [3.05, 3.63) is 35.4 Å². The molecule has 0 amide bonds. The van der Waals surface area contributed by atoms with Gasteiger partial charge < -0.3 is 0 Å². The van der Waals surface area contributed by atoms with Gasteiger partial charge in [-0.1, -0.05) is 78.1 Å². The van der Waals surface area contributed by atoms with Gasteiger partial charge in [-0.25, -0.2) is 0 Å². The molecular formula is C19H31Cl. The molecule has 2 unspecified atom stereocenters. The van der Waals surface area contributed by atoms with Crippen LogP contribution in [0.1, 0.15) is 83.2 Å². The van der Waals surface area contributed by atoms with Crippen molar-refractivity contribution in [2.24, 2.45) is 5.92 Å². The monoisotopic (exact) mass is 294 g/mol. The molecule has 0 aromatic heterocycles. The first-order chi connectivity index (χ1) is 9.46. The largest absolute Gasteiger partial charge is 0.118 e. The van der Waals surface area contributed by atoms with Gasteiger partial charge >= 0.3 is 0 Å². The zero-order valence-electron chi connectivity index (χ0n) is 13.9. The maximum absolute atomic E-state index is 6.71. The predicted molar refractivity (Wildman–Crippen MR) is 91.7 cm³/mol. The number of unbranched alkanes of at least 4 members (excludes halogenated alkanes) is 1. The van der Waals surface area contributed by atoms with Crippen LogP contribution in [0.4, 0.5) is 0 Å². The van der Waals surface area contributed by atoms with E-state index in [0.29, 0.717) is 5.92 Å². The number of benzene rings is 1. The number of halogens is 1. The molecule has 0 spiro atoms. The van der Waals surface area contributed by atoms with Crippen molar-refractivity contribution in [1.82, 2.24) is 0 Å². The summed E-state index contributed by atoms with van der Waals surface area (Å²) in [6.07, 6.45) is 6.09. The molecule has 1 aromatic rings. The number of rotatable bonds is 8. The van der Waals surface area contributed by atoms with Crippen molar-refractivity contribution in [3.8, 4) is 0 Å². The number of hydrogen-bond acceptors (Lipinski definition) is 0. The lowest BCUT2D eigenvalue weighted by molar-refractivity contribution is 0.437. The quantitative estimate of drug-likeness (QED) is 0.459. The van der Waals surface area contributed by atoms with Crippen LogP contribution in [0.15, 0.2) is 24.3 Å². The van der Waals surface area contributed by atoms with Crippen LogP contribution in [0.5, 0.6) is 0 Å². The third kappa shape index (κ3) is 4.52. The summed E-state index contributed by atoms with van der Waals surface area (Å²) >= 11 is 6.71. The summed E-state index contributed by atoms with van der Waals surface area (Å²) < 4.78 is 0. The fraction of sp³-hybridized carbons (Fsp3) is 0.684. The van der Waals surface area contributed by atoms with Gasteiger partial charge in [-0.2, -0.15) is 0 Å². The maximum atomic E-state index is 6.71. The molecule has 0 aliphatic rings. The highest BCUT2D eigenvalue weighted by atomic mass is 35.5. The minimum atomic E-state index is 0.158. The number of alkyl halides is 1. The summed E-state index contributed by atoms with van der Waals surface area (Å²) in [5, 5.41) is 0.158. The zero-order valence-corrected chi connectivity index (χ0v) is 14.6. The van der Waals surface area contributed by atoms with E-state index in [9.17, 15) is 0 Å². The number of hydrogen-bond donors (Lipinski definition) is 0. The average Bonchev–Trinajstić information content (AvgIpc) is 2.48. The lowest BCUT2D eigenvalue weighted by Gasteiger charge is -2.25. The topological polar surface area (TPSA) is 0 Å². The van der Waals surface area contributed by atoms with E-state index in [1.807, 2.05) is 0 Å². The second-order valence-electron chi connectivity index (χ2n) is 6.57. The van der Waals surface area contributed by atoms with E-state index in [2.05, 4.69) is 58.9 Å². The average molecular weight is 295 g/mol. The standard InChI is InChI=1S/C19H31Cl/c1-6-9-10-15(7-2)18(20)16-11-13-17(14-12-16)19(4,5)8-3/h11-15,18H,6-10H2,1-5H3. The van der Waals surface area contributed by atoms with Crippen molar-refractivity contribution in [2.45, 2.75) is 77.5 Å². The third-order valence-electron chi connectivity index (χ3n) is 4.76. The molecule has 1 aromatic carbocycles. The molecule has 1 rings (SSSR count). The van der Waals surface area contributed by atoms with Crippen molar-refractivity contribution >= 4 is 11.6 Å². The van der Waals surface area contributed by atoms with Crippen LogP contribution < -0.4 is 0 Å². The Morgan fingerprint density at radius 1 is 1.05 bits per heavy atom. The third-order valence-corrected chi connectivity index (χ3v) is 5.37. The van der Waals surface area contributed by atoms with Crippen molar-refractivity contribution < 1.29 is 0 Å². The van der Waals surface area contributed by atoms with Gasteiger partial charge in [0.25, 0.3) is 0 Å². The summed E-state index contributed by atoms with van der Waals surface area (Å²) in [5.41, 5.74) is 2.95. The van der Waals surface area contributed by atoms with Crippen molar-refractivity contribution in [1.29, 1.82) is 0 Å². The first-order valence-corrected chi connectivity index (χ1v) is 8.64.